The van der Waals surface area contributed by atoms with Gasteiger partial charge in [-0.2, -0.15) is 0 Å². The number of carbonyl (C=O) groups is 1. The molecule has 0 fully saturated rings. The minimum atomic E-state index is -0.218. The average molecular weight is 349 g/mol. The normalized spacial score (nSPS) is 10.6. The molecular weight excluding hydrogens is 328 g/mol. The lowest BCUT2D eigenvalue weighted by atomic mass is 10.2. The fraction of sp³-hybridized carbons (Fsp3) is 0.353. The van der Waals surface area contributed by atoms with Crippen molar-refractivity contribution in [3.05, 3.63) is 40.8 Å². The summed E-state index contributed by atoms with van der Waals surface area (Å²) < 4.78 is 5.13. The molecule has 2 aromatic rings. The van der Waals surface area contributed by atoms with Crippen LogP contribution < -0.4 is 15.4 Å². The summed E-state index contributed by atoms with van der Waals surface area (Å²) >= 11 is 6.12. The van der Waals surface area contributed by atoms with Crippen molar-refractivity contribution < 1.29 is 9.53 Å². The number of hydrogen-bond donors (Lipinski definition) is 2. The van der Waals surface area contributed by atoms with E-state index in [1.165, 1.54) is 0 Å². The Morgan fingerprint density at radius 1 is 1.29 bits per heavy atom. The maximum absolute atomic E-state index is 12.2. The van der Waals surface area contributed by atoms with E-state index < -0.39 is 0 Å². The third-order valence-corrected chi connectivity index (χ3v) is 3.46. The summed E-state index contributed by atoms with van der Waals surface area (Å²) in [5, 5.41) is 6.46. The monoisotopic (exact) mass is 348 g/mol. The first-order valence-electron chi connectivity index (χ1n) is 7.63. The van der Waals surface area contributed by atoms with Gasteiger partial charge in [-0.15, -0.1) is 0 Å². The Morgan fingerprint density at radius 2 is 2.04 bits per heavy atom. The second-order valence-electron chi connectivity index (χ2n) is 5.76. The molecule has 128 valence electrons. The maximum atomic E-state index is 12.2. The fourth-order valence-corrected chi connectivity index (χ4v) is 2.29. The lowest BCUT2D eigenvalue weighted by Gasteiger charge is -2.11. The van der Waals surface area contributed by atoms with Gasteiger partial charge in [0.1, 0.15) is 23.1 Å². The molecule has 1 aromatic carbocycles. The molecule has 1 heterocycles. The highest BCUT2D eigenvalue weighted by Crippen LogP contribution is 2.28. The third kappa shape index (κ3) is 4.83. The first kappa shape index (κ1) is 18.0. The van der Waals surface area contributed by atoms with Crippen LogP contribution in [0.5, 0.6) is 5.75 Å². The van der Waals surface area contributed by atoms with Crippen molar-refractivity contribution in [3.8, 4) is 5.75 Å². The minimum absolute atomic E-state index is 0.218. The van der Waals surface area contributed by atoms with Gasteiger partial charge in [0.05, 0.1) is 12.1 Å². The zero-order valence-corrected chi connectivity index (χ0v) is 14.9. The van der Waals surface area contributed by atoms with Gasteiger partial charge in [-0.3, -0.25) is 4.79 Å². The van der Waals surface area contributed by atoms with Crippen molar-refractivity contribution in [1.82, 2.24) is 15.3 Å². The van der Waals surface area contributed by atoms with E-state index in [2.05, 4.69) is 20.6 Å². The third-order valence-electron chi connectivity index (χ3n) is 3.17. The number of nitrogens with zero attached hydrogens (tertiary/aromatic N) is 2. The summed E-state index contributed by atoms with van der Waals surface area (Å²) in [6, 6.07) is 6.92. The highest BCUT2D eigenvalue weighted by Gasteiger charge is 2.11. The van der Waals surface area contributed by atoms with E-state index in [0.29, 0.717) is 40.6 Å². The van der Waals surface area contributed by atoms with Crippen LogP contribution in [-0.4, -0.2) is 29.5 Å². The smallest absolute Gasteiger partial charge is 0.270 e. The molecule has 2 N–H and O–H groups in total. The van der Waals surface area contributed by atoms with E-state index in [4.69, 9.17) is 16.3 Å². The Bertz CT molecular complexity index is 735. The highest BCUT2D eigenvalue weighted by atomic mass is 35.5. The van der Waals surface area contributed by atoms with E-state index >= 15 is 0 Å². The molecule has 0 atom stereocenters. The predicted molar refractivity (Wildman–Crippen MR) is 95.2 cm³/mol. The number of methoxy groups -OCH3 is 1. The van der Waals surface area contributed by atoms with Gasteiger partial charge >= 0.3 is 0 Å². The molecule has 6 nitrogen and oxygen atoms in total. The van der Waals surface area contributed by atoms with Crippen LogP contribution in [-0.2, 0) is 0 Å². The number of amides is 1. The standard InChI is InChI=1S/C17H21ClN4O2/c1-10(2)9-19-17(23)14-8-16(21-11(3)20-14)22-12-5-6-15(24-4)13(18)7-12/h5-8,10H,9H2,1-4H3,(H,19,23)(H,20,21,22). The van der Waals surface area contributed by atoms with Gasteiger partial charge in [-0.05, 0) is 31.0 Å². The number of rotatable bonds is 6. The molecule has 0 radical (unpaired) electrons. The number of ether oxygens (including phenoxy) is 1. The molecule has 0 bridgehead atoms. The van der Waals surface area contributed by atoms with Crippen LogP contribution in [0, 0.1) is 12.8 Å². The Balaban J connectivity index is 2.19. The van der Waals surface area contributed by atoms with Crippen LogP contribution in [0.2, 0.25) is 5.02 Å². The molecule has 24 heavy (non-hydrogen) atoms. The molecule has 0 aliphatic carbocycles. The molecule has 0 aliphatic rings. The molecule has 1 amide bonds. The van der Waals surface area contributed by atoms with E-state index in [1.807, 2.05) is 19.9 Å². The molecular formula is C17H21ClN4O2. The number of aromatic nitrogens is 2. The van der Waals surface area contributed by atoms with Gasteiger partial charge in [0.15, 0.2) is 0 Å². The predicted octanol–water partition coefficient (Wildman–Crippen LogP) is 3.58. The van der Waals surface area contributed by atoms with Gasteiger partial charge in [-0.1, -0.05) is 25.4 Å². The number of benzene rings is 1. The first-order valence-corrected chi connectivity index (χ1v) is 8.01. The Labute approximate surface area is 146 Å². The van der Waals surface area contributed by atoms with E-state index in [-0.39, 0.29) is 5.91 Å². The zero-order valence-electron chi connectivity index (χ0n) is 14.2. The molecule has 1 aromatic heterocycles. The molecule has 7 heteroatoms. The second kappa shape index (κ2) is 7.97. The van der Waals surface area contributed by atoms with Crippen LogP contribution in [0.15, 0.2) is 24.3 Å². The molecule has 0 saturated carbocycles. The number of anilines is 2. The van der Waals surface area contributed by atoms with Gasteiger partial charge in [0, 0.05) is 18.3 Å². The largest absolute Gasteiger partial charge is 0.495 e. The van der Waals surface area contributed by atoms with Crippen molar-refractivity contribution in [2.75, 3.05) is 19.0 Å². The summed E-state index contributed by atoms with van der Waals surface area (Å²) in [4.78, 5) is 20.7. The quantitative estimate of drug-likeness (QED) is 0.834. The number of nitrogens with one attached hydrogen (secondary N) is 2. The van der Waals surface area contributed by atoms with Crippen molar-refractivity contribution in [1.29, 1.82) is 0 Å². The Morgan fingerprint density at radius 3 is 2.67 bits per heavy atom. The van der Waals surface area contributed by atoms with E-state index in [1.54, 1.807) is 32.2 Å². The first-order chi connectivity index (χ1) is 11.4. The van der Waals surface area contributed by atoms with Crippen molar-refractivity contribution in [2.45, 2.75) is 20.8 Å². The summed E-state index contributed by atoms with van der Waals surface area (Å²) in [7, 11) is 1.56. The maximum Gasteiger partial charge on any atom is 0.270 e. The van der Waals surface area contributed by atoms with Gasteiger partial charge in [-0.25, -0.2) is 9.97 Å². The lowest BCUT2D eigenvalue weighted by Crippen LogP contribution is -2.28. The van der Waals surface area contributed by atoms with Crippen LogP contribution in [0.4, 0.5) is 11.5 Å². The molecule has 0 spiro atoms. The Kier molecular flexibility index (Phi) is 5.98. The number of aryl methyl sites for hydroxylation is 1. The summed E-state index contributed by atoms with van der Waals surface area (Å²) in [5.74, 6) is 1.78. The van der Waals surface area contributed by atoms with Crippen molar-refractivity contribution >= 4 is 29.0 Å². The van der Waals surface area contributed by atoms with Crippen LogP contribution in [0.3, 0.4) is 0 Å². The number of carbonyl (C=O) groups excluding carboxylic acids is 1. The number of hydrogen-bond acceptors (Lipinski definition) is 5. The van der Waals surface area contributed by atoms with E-state index in [0.717, 1.165) is 5.69 Å². The van der Waals surface area contributed by atoms with Crippen LogP contribution in [0.1, 0.15) is 30.2 Å². The molecule has 2 rings (SSSR count). The Hall–Kier alpha value is -2.34. The molecule has 0 saturated heterocycles. The lowest BCUT2D eigenvalue weighted by molar-refractivity contribution is 0.0943. The topological polar surface area (TPSA) is 76.1 Å². The minimum Gasteiger partial charge on any atom is -0.495 e. The van der Waals surface area contributed by atoms with Crippen molar-refractivity contribution in [3.63, 3.8) is 0 Å². The fourth-order valence-electron chi connectivity index (χ4n) is 2.03. The summed E-state index contributed by atoms with van der Waals surface area (Å²) in [6.45, 7) is 6.40. The summed E-state index contributed by atoms with van der Waals surface area (Å²) in [5.41, 5.74) is 1.07. The van der Waals surface area contributed by atoms with E-state index in [9.17, 15) is 4.79 Å². The SMILES string of the molecule is COc1ccc(Nc2cc(C(=O)NCC(C)C)nc(C)n2)cc1Cl. The zero-order chi connectivity index (χ0) is 17.7. The van der Waals surface area contributed by atoms with Crippen LogP contribution in [0.25, 0.3) is 0 Å². The highest BCUT2D eigenvalue weighted by molar-refractivity contribution is 6.32. The number of halogens is 1. The van der Waals surface area contributed by atoms with Gasteiger partial charge < -0.3 is 15.4 Å². The average Bonchev–Trinajstić information content (AvgIpc) is 2.52. The van der Waals surface area contributed by atoms with Gasteiger partial charge in [0.2, 0.25) is 0 Å². The van der Waals surface area contributed by atoms with Crippen molar-refractivity contribution in [2.24, 2.45) is 5.92 Å². The molecule has 0 unspecified atom stereocenters. The summed E-state index contributed by atoms with van der Waals surface area (Å²) in [6.07, 6.45) is 0. The van der Waals surface area contributed by atoms with Crippen LogP contribution >= 0.6 is 11.6 Å². The molecule has 0 aliphatic heterocycles. The van der Waals surface area contributed by atoms with Gasteiger partial charge in [0.25, 0.3) is 5.91 Å². The second-order valence-corrected chi connectivity index (χ2v) is 6.17.